The van der Waals surface area contributed by atoms with Gasteiger partial charge in [0.1, 0.15) is 6.61 Å². The molecule has 0 spiro atoms. The van der Waals surface area contributed by atoms with E-state index in [1.165, 1.54) is 22.3 Å². The Labute approximate surface area is 200 Å². The number of nitrogens with one attached hydrogen (secondary N) is 2. The first-order valence-electron chi connectivity index (χ1n) is 12.1. The number of amides is 2. The molecule has 0 saturated carbocycles. The van der Waals surface area contributed by atoms with Gasteiger partial charge in [0.15, 0.2) is 0 Å². The van der Waals surface area contributed by atoms with E-state index in [2.05, 4.69) is 34.9 Å². The molecule has 7 nitrogen and oxygen atoms in total. The Kier molecular flexibility index (Phi) is 9.50. The van der Waals surface area contributed by atoms with Crippen molar-refractivity contribution in [1.29, 1.82) is 0 Å². The lowest BCUT2D eigenvalue weighted by molar-refractivity contribution is -0.137. The summed E-state index contributed by atoms with van der Waals surface area (Å²) in [7, 11) is 0. The van der Waals surface area contributed by atoms with Crippen LogP contribution in [0.4, 0.5) is 4.79 Å². The Morgan fingerprint density at radius 1 is 0.971 bits per heavy atom. The molecule has 182 valence electrons. The van der Waals surface area contributed by atoms with E-state index in [9.17, 15) is 14.4 Å². The maximum atomic E-state index is 12.2. The van der Waals surface area contributed by atoms with Gasteiger partial charge < -0.3 is 20.5 Å². The first kappa shape index (κ1) is 25.3. The Morgan fingerprint density at radius 2 is 1.62 bits per heavy atom. The molecular formula is C27H34N2O5. The lowest BCUT2D eigenvalue weighted by atomic mass is 9.98. The fourth-order valence-electron chi connectivity index (χ4n) is 4.44. The predicted molar refractivity (Wildman–Crippen MR) is 131 cm³/mol. The van der Waals surface area contributed by atoms with Crippen LogP contribution in [0.25, 0.3) is 11.1 Å². The molecule has 34 heavy (non-hydrogen) atoms. The van der Waals surface area contributed by atoms with Crippen LogP contribution in [0.2, 0.25) is 0 Å². The number of carbonyl (C=O) groups excluding carboxylic acids is 2. The molecule has 2 aromatic rings. The van der Waals surface area contributed by atoms with Gasteiger partial charge in [-0.05, 0) is 41.5 Å². The van der Waals surface area contributed by atoms with Gasteiger partial charge in [-0.15, -0.1) is 0 Å². The summed E-state index contributed by atoms with van der Waals surface area (Å²) in [6.07, 6.45) is 3.50. The summed E-state index contributed by atoms with van der Waals surface area (Å²) in [6.45, 7) is 2.71. The number of alkyl carbamates (subject to hydrolysis) is 1. The van der Waals surface area contributed by atoms with Gasteiger partial charge >= 0.3 is 12.1 Å². The molecule has 1 unspecified atom stereocenters. The number of rotatable bonds is 13. The SMILES string of the molecule is CCCCC(CC(=O)O)NC(=O)CCCCNC(=O)OCC1c2ccccc2-c2ccccc21. The standard InChI is InChI=1S/C27H34N2O5/c1-2-3-10-19(17-26(31)32)29-25(30)15-8-9-16-28-27(33)34-18-24-22-13-6-4-11-20(22)21-12-5-7-14-23(21)24/h4-7,11-14,19,24H,2-3,8-10,15-18H2,1H3,(H,28,33)(H,29,30)(H,31,32). The number of carboxylic acid groups (broad SMARTS) is 1. The van der Waals surface area contributed by atoms with Crippen molar-refractivity contribution in [2.24, 2.45) is 0 Å². The zero-order chi connectivity index (χ0) is 24.3. The Bertz CT molecular complexity index is 945. The number of ether oxygens (including phenoxy) is 1. The van der Waals surface area contributed by atoms with Crippen molar-refractivity contribution in [2.75, 3.05) is 13.2 Å². The van der Waals surface area contributed by atoms with Gasteiger partial charge in [0.05, 0.1) is 6.42 Å². The third-order valence-electron chi connectivity index (χ3n) is 6.14. The van der Waals surface area contributed by atoms with Crippen LogP contribution in [0, 0.1) is 0 Å². The monoisotopic (exact) mass is 466 g/mol. The van der Waals surface area contributed by atoms with E-state index >= 15 is 0 Å². The maximum Gasteiger partial charge on any atom is 0.407 e. The van der Waals surface area contributed by atoms with Crippen LogP contribution in [-0.4, -0.2) is 42.3 Å². The molecule has 0 bridgehead atoms. The van der Waals surface area contributed by atoms with Gasteiger partial charge in [-0.2, -0.15) is 0 Å². The van der Waals surface area contributed by atoms with Gasteiger partial charge in [-0.25, -0.2) is 4.79 Å². The highest BCUT2D eigenvalue weighted by atomic mass is 16.5. The van der Waals surface area contributed by atoms with E-state index in [1.54, 1.807) is 0 Å². The van der Waals surface area contributed by atoms with Crippen molar-refractivity contribution >= 4 is 18.0 Å². The Hall–Kier alpha value is -3.35. The van der Waals surface area contributed by atoms with E-state index in [0.717, 1.165) is 12.8 Å². The van der Waals surface area contributed by atoms with Crippen molar-refractivity contribution in [3.63, 3.8) is 0 Å². The second-order valence-electron chi connectivity index (χ2n) is 8.71. The molecule has 0 aromatic heterocycles. The van der Waals surface area contributed by atoms with E-state index in [0.29, 0.717) is 32.2 Å². The van der Waals surface area contributed by atoms with Gasteiger partial charge in [-0.3, -0.25) is 9.59 Å². The van der Waals surface area contributed by atoms with E-state index in [-0.39, 0.29) is 30.9 Å². The fraction of sp³-hybridized carbons (Fsp3) is 0.444. The number of unbranched alkanes of at least 4 members (excludes halogenated alkanes) is 2. The molecule has 0 aliphatic heterocycles. The number of benzene rings is 2. The Morgan fingerprint density at radius 3 is 2.24 bits per heavy atom. The number of aliphatic carboxylic acids is 1. The van der Waals surface area contributed by atoms with Crippen LogP contribution < -0.4 is 10.6 Å². The van der Waals surface area contributed by atoms with Crippen LogP contribution in [0.1, 0.15) is 68.9 Å². The highest BCUT2D eigenvalue weighted by molar-refractivity contribution is 5.79. The summed E-state index contributed by atoms with van der Waals surface area (Å²) in [5.74, 6) is -1.04. The van der Waals surface area contributed by atoms with Crippen LogP contribution in [-0.2, 0) is 14.3 Å². The molecule has 2 aromatic carbocycles. The second-order valence-corrected chi connectivity index (χ2v) is 8.71. The van der Waals surface area contributed by atoms with Gasteiger partial charge in [0, 0.05) is 24.9 Å². The quantitative estimate of drug-likeness (QED) is 0.366. The van der Waals surface area contributed by atoms with E-state index in [4.69, 9.17) is 9.84 Å². The van der Waals surface area contributed by atoms with E-state index in [1.807, 2.05) is 31.2 Å². The average molecular weight is 467 g/mol. The van der Waals surface area contributed by atoms with Gasteiger partial charge in [0.2, 0.25) is 5.91 Å². The van der Waals surface area contributed by atoms with Crippen molar-refractivity contribution in [2.45, 2.75) is 63.8 Å². The minimum atomic E-state index is -0.909. The first-order valence-corrected chi connectivity index (χ1v) is 12.1. The molecule has 1 aliphatic rings. The van der Waals surface area contributed by atoms with Crippen LogP contribution in [0.3, 0.4) is 0 Å². The highest BCUT2D eigenvalue weighted by Crippen LogP contribution is 2.44. The molecule has 2 amide bonds. The number of hydrogen-bond donors (Lipinski definition) is 3. The van der Waals surface area contributed by atoms with Crippen molar-refractivity contribution in [3.05, 3.63) is 59.7 Å². The van der Waals surface area contributed by atoms with Crippen molar-refractivity contribution in [1.82, 2.24) is 10.6 Å². The molecule has 0 saturated heterocycles. The molecule has 1 aliphatic carbocycles. The Balaban J connectivity index is 1.35. The molecule has 1 atom stereocenters. The van der Waals surface area contributed by atoms with Crippen LogP contribution in [0.15, 0.2) is 48.5 Å². The minimum Gasteiger partial charge on any atom is -0.481 e. The average Bonchev–Trinajstić information content (AvgIpc) is 3.14. The topological polar surface area (TPSA) is 105 Å². The van der Waals surface area contributed by atoms with Crippen LogP contribution >= 0.6 is 0 Å². The molecule has 0 fully saturated rings. The molecule has 0 radical (unpaired) electrons. The first-order chi connectivity index (χ1) is 16.5. The number of hydrogen-bond acceptors (Lipinski definition) is 4. The zero-order valence-corrected chi connectivity index (χ0v) is 19.7. The molecule has 7 heteroatoms. The third-order valence-corrected chi connectivity index (χ3v) is 6.14. The molecule has 3 N–H and O–H groups in total. The molecule has 3 rings (SSSR count). The summed E-state index contributed by atoms with van der Waals surface area (Å²) >= 11 is 0. The summed E-state index contributed by atoms with van der Waals surface area (Å²) in [5, 5.41) is 14.6. The van der Waals surface area contributed by atoms with Crippen molar-refractivity contribution < 1.29 is 24.2 Å². The summed E-state index contributed by atoms with van der Waals surface area (Å²) in [6, 6.07) is 16.1. The fourth-order valence-corrected chi connectivity index (χ4v) is 4.44. The smallest absolute Gasteiger partial charge is 0.407 e. The number of fused-ring (bicyclic) bond motifs is 3. The lowest BCUT2D eigenvalue weighted by Gasteiger charge is -2.16. The second kappa shape index (κ2) is 12.8. The third kappa shape index (κ3) is 7.07. The summed E-state index contributed by atoms with van der Waals surface area (Å²) in [5.41, 5.74) is 4.71. The van der Waals surface area contributed by atoms with Gasteiger partial charge in [-0.1, -0.05) is 68.3 Å². The maximum absolute atomic E-state index is 12.2. The van der Waals surface area contributed by atoms with Crippen molar-refractivity contribution in [3.8, 4) is 11.1 Å². The predicted octanol–water partition coefficient (Wildman–Crippen LogP) is 4.85. The minimum absolute atomic E-state index is 0.0216. The lowest BCUT2D eigenvalue weighted by Crippen LogP contribution is -2.36. The number of carboxylic acids is 1. The largest absolute Gasteiger partial charge is 0.481 e. The van der Waals surface area contributed by atoms with Gasteiger partial charge in [0.25, 0.3) is 0 Å². The molecule has 0 heterocycles. The van der Waals surface area contributed by atoms with Crippen LogP contribution in [0.5, 0.6) is 0 Å². The summed E-state index contributed by atoms with van der Waals surface area (Å²) in [4.78, 5) is 35.3. The van der Waals surface area contributed by atoms with E-state index < -0.39 is 12.1 Å². The molecular weight excluding hydrogens is 432 g/mol. The normalized spacial score (nSPS) is 13.0. The number of carbonyl (C=O) groups is 3. The zero-order valence-electron chi connectivity index (χ0n) is 19.7. The summed E-state index contributed by atoms with van der Waals surface area (Å²) < 4.78 is 5.51. The highest BCUT2D eigenvalue weighted by Gasteiger charge is 2.28.